The Morgan fingerprint density at radius 3 is 2.09 bits per heavy atom. The summed E-state index contributed by atoms with van der Waals surface area (Å²) in [5.74, 6) is -0.320. The van der Waals surface area contributed by atoms with Gasteiger partial charge in [-0.05, 0) is 45.6 Å². The van der Waals surface area contributed by atoms with Crippen LogP contribution in [0.5, 0.6) is 0 Å². The lowest BCUT2D eigenvalue weighted by atomic mass is 9.72. The fraction of sp³-hybridized carbons (Fsp3) is 0.500. The van der Waals surface area contributed by atoms with Gasteiger partial charge in [0, 0.05) is 5.57 Å². The van der Waals surface area contributed by atoms with Gasteiger partial charge in [-0.1, -0.05) is 53.7 Å². The molecule has 0 aromatic heterocycles. The second-order valence-electron chi connectivity index (χ2n) is 8.19. The van der Waals surface area contributed by atoms with E-state index in [1.165, 1.54) is 16.7 Å². The number of allylic oxidation sites excluding steroid dienone is 1. The van der Waals surface area contributed by atoms with Gasteiger partial charge in [-0.3, -0.25) is 0 Å². The quantitative estimate of drug-likeness (QED) is 0.684. The fourth-order valence-corrected chi connectivity index (χ4v) is 2.96. The number of nitrogens with zero attached hydrogens (tertiary/aromatic N) is 2. The van der Waals surface area contributed by atoms with Crippen LogP contribution in [-0.2, 0) is 17.3 Å². The minimum Gasteiger partial charge on any atom is -0.198 e. The van der Waals surface area contributed by atoms with Crippen molar-refractivity contribution in [2.45, 2.75) is 58.8 Å². The van der Waals surface area contributed by atoms with Crippen molar-refractivity contribution in [1.29, 1.82) is 10.5 Å². The van der Waals surface area contributed by atoms with Crippen LogP contribution in [0, 0.1) is 28.6 Å². The van der Waals surface area contributed by atoms with Gasteiger partial charge in [0.15, 0.2) is 0 Å². The Bertz CT molecular complexity index is 710. The van der Waals surface area contributed by atoms with Crippen molar-refractivity contribution >= 4 is 6.08 Å². The van der Waals surface area contributed by atoms with Gasteiger partial charge >= 0.3 is 0 Å². The molecule has 1 aliphatic rings. The molecule has 1 aromatic carbocycles. The maximum absolute atomic E-state index is 9.35. The minimum atomic E-state index is -0.320. The lowest BCUT2D eigenvalue weighted by molar-refractivity contribution is 0.559. The summed E-state index contributed by atoms with van der Waals surface area (Å²) < 4.78 is 0. The molecule has 1 aliphatic carbocycles. The molecule has 0 spiro atoms. The average Bonchev–Trinajstić information content (AvgIpc) is 2.42. The van der Waals surface area contributed by atoms with Crippen LogP contribution in [0.3, 0.4) is 0 Å². The Kier molecular flexibility index (Phi) is 3.92. The summed E-state index contributed by atoms with van der Waals surface area (Å²) in [6.07, 6.45) is 2.56. The van der Waals surface area contributed by atoms with Crippen LogP contribution in [0.25, 0.3) is 6.08 Å². The molecule has 2 heteroatoms. The summed E-state index contributed by atoms with van der Waals surface area (Å²) in [4.78, 5) is 0. The molecule has 0 N–H and O–H groups in total. The summed E-state index contributed by atoms with van der Waals surface area (Å²) in [6, 6.07) is 8.96. The first kappa shape index (κ1) is 16.3. The zero-order chi connectivity index (χ0) is 16.7. The predicted octanol–water partition coefficient (Wildman–Crippen LogP) is 4.88. The second-order valence-corrected chi connectivity index (χ2v) is 8.19. The third-order valence-electron chi connectivity index (χ3n) is 4.34. The lowest BCUT2D eigenvalue weighted by Gasteiger charge is -2.31. The Morgan fingerprint density at radius 2 is 1.64 bits per heavy atom. The van der Waals surface area contributed by atoms with Crippen molar-refractivity contribution < 1.29 is 0 Å². The van der Waals surface area contributed by atoms with E-state index in [1.807, 2.05) is 6.08 Å². The van der Waals surface area contributed by atoms with Crippen LogP contribution in [0.1, 0.15) is 63.8 Å². The van der Waals surface area contributed by atoms with E-state index >= 15 is 0 Å². The normalized spacial score (nSPS) is 18.0. The number of fused-ring (bicyclic) bond motifs is 1. The van der Waals surface area contributed by atoms with Gasteiger partial charge in [0.2, 0.25) is 0 Å². The van der Waals surface area contributed by atoms with Crippen molar-refractivity contribution in [2.75, 3.05) is 0 Å². The summed E-state index contributed by atoms with van der Waals surface area (Å²) in [5, 5.41) is 18.7. The van der Waals surface area contributed by atoms with Crippen LogP contribution in [0.2, 0.25) is 0 Å². The summed E-state index contributed by atoms with van der Waals surface area (Å²) in [5.41, 5.74) is 5.57. The molecule has 0 amide bonds. The highest BCUT2D eigenvalue weighted by Crippen LogP contribution is 2.38. The molecule has 114 valence electrons. The Labute approximate surface area is 134 Å². The van der Waals surface area contributed by atoms with Gasteiger partial charge < -0.3 is 0 Å². The fourth-order valence-electron chi connectivity index (χ4n) is 2.96. The number of benzene rings is 1. The third kappa shape index (κ3) is 2.93. The first-order valence-corrected chi connectivity index (χ1v) is 7.77. The highest BCUT2D eigenvalue weighted by molar-refractivity contribution is 5.68. The molecule has 1 aromatic rings. The molecule has 0 bridgehead atoms. The number of hydrogen-bond acceptors (Lipinski definition) is 2. The zero-order valence-electron chi connectivity index (χ0n) is 14.4. The van der Waals surface area contributed by atoms with Crippen molar-refractivity contribution in [2.24, 2.45) is 5.92 Å². The SMILES string of the molecule is CC(C)(C)c1cc2c(c(C(C)(C)C)c1)CC(C#N)C(C#N)=C2. The highest BCUT2D eigenvalue weighted by Gasteiger charge is 2.29. The number of rotatable bonds is 0. The van der Waals surface area contributed by atoms with Gasteiger partial charge in [0.1, 0.15) is 0 Å². The Hall–Kier alpha value is -2.06. The van der Waals surface area contributed by atoms with Crippen molar-refractivity contribution in [3.05, 3.63) is 40.0 Å². The highest BCUT2D eigenvalue weighted by atomic mass is 14.4. The molecule has 0 saturated carbocycles. The standard InChI is InChI=1S/C20H24N2/c1-19(2,3)16-8-13-7-14(11-21)15(12-22)9-17(13)18(10-16)20(4,5)6/h7-8,10,15H,9H2,1-6H3. The zero-order valence-corrected chi connectivity index (χ0v) is 14.4. The largest absolute Gasteiger partial charge is 0.198 e. The summed E-state index contributed by atoms with van der Waals surface area (Å²) in [6.45, 7) is 13.2. The first-order chi connectivity index (χ1) is 10.1. The van der Waals surface area contributed by atoms with Gasteiger partial charge in [-0.2, -0.15) is 10.5 Å². The van der Waals surface area contributed by atoms with Crippen molar-refractivity contribution in [1.82, 2.24) is 0 Å². The van der Waals surface area contributed by atoms with Crippen LogP contribution >= 0.6 is 0 Å². The Balaban J connectivity index is 2.77. The minimum absolute atomic E-state index is 0.0172. The number of hydrogen-bond donors (Lipinski definition) is 0. The van der Waals surface area contributed by atoms with Crippen molar-refractivity contribution in [3.63, 3.8) is 0 Å². The molecule has 22 heavy (non-hydrogen) atoms. The van der Waals surface area contributed by atoms with Crippen LogP contribution in [0.4, 0.5) is 0 Å². The van der Waals surface area contributed by atoms with Crippen LogP contribution in [-0.4, -0.2) is 0 Å². The van der Waals surface area contributed by atoms with E-state index < -0.39 is 0 Å². The van der Waals surface area contributed by atoms with E-state index in [0.29, 0.717) is 12.0 Å². The smallest absolute Gasteiger partial charge is 0.0961 e. The van der Waals surface area contributed by atoms with Crippen molar-refractivity contribution in [3.8, 4) is 12.1 Å². The molecule has 0 radical (unpaired) electrons. The lowest BCUT2D eigenvalue weighted by Crippen LogP contribution is -2.22. The summed E-state index contributed by atoms with van der Waals surface area (Å²) >= 11 is 0. The number of nitriles is 2. The average molecular weight is 292 g/mol. The first-order valence-electron chi connectivity index (χ1n) is 7.77. The topological polar surface area (TPSA) is 47.6 Å². The molecule has 0 heterocycles. The molecule has 0 fully saturated rings. The molecular weight excluding hydrogens is 268 g/mol. The Morgan fingerprint density at radius 1 is 1.00 bits per heavy atom. The van der Waals surface area contributed by atoms with Gasteiger partial charge in [-0.15, -0.1) is 0 Å². The predicted molar refractivity (Wildman–Crippen MR) is 90.2 cm³/mol. The van der Waals surface area contributed by atoms with E-state index in [-0.39, 0.29) is 16.7 Å². The van der Waals surface area contributed by atoms with E-state index in [2.05, 4.69) is 65.8 Å². The molecule has 2 rings (SSSR count). The third-order valence-corrected chi connectivity index (χ3v) is 4.34. The van der Waals surface area contributed by atoms with E-state index in [4.69, 9.17) is 0 Å². The maximum Gasteiger partial charge on any atom is 0.0961 e. The monoisotopic (exact) mass is 292 g/mol. The molecule has 2 nitrogen and oxygen atoms in total. The van der Waals surface area contributed by atoms with Gasteiger partial charge in [0.25, 0.3) is 0 Å². The van der Waals surface area contributed by atoms with E-state index in [0.717, 1.165) is 5.56 Å². The summed E-state index contributed by atoms with van der Waals surface area (Å²) in [7, 11) is 0. The molecular formula is C20H24N2. The second kappa shape index (κ2) is 5.29. The van der Waals surface area contributed by atoms with E-state index in [1.54, 1.807) is 0 Å². The van der Waals surface area contributed by atoms with Crippen LogP contribution < -0.4 is 0 Å². The molecule has 0 saturated heterocycles. The molecule has 1 unspecified atom stereocenters. The van der Waals surface area contributed by atoms with Crippen LogP contribution in [0.15, 0.2) is 17.7 Å². The van der Waals surface area contributed by atoms with Gasteiger partial charge in [0.05, 0.1) is 18.1 Å². The molecule has 1 atom stereocenters. The van der Waals surface area contributed by atoms with E-state index in [9.17, 15) is 10.5 Å². The molecule has 0 aliphatic heterocycles. The van der Waals surface area contributed by atoms with Gasteiger partial charge in [-0.25, -0.2) is 0 Å². The maximum atomic E-state index is 9.35.